The number of thioether (sulfide) groups is 1. The van der Waals surface area contributed by atoms with Crippen LogP contribution in [0.15, 0.2) is 15.8 Å². The minimum atomic E-state index is -1.32. The maximum Gasteiger partial charge on any atom is 0.342 e. The molecule has 0 aromatic carbocycles. The van der Waals surface area contributed by atoms with Crippen LogP contribution in [0.2, 0.25) is 0 Å². The second-order valence-corrected chi connectivity index (χ2v) is 5.19. The van der Waals surface area contributed by atoms with Gasteiger partial charge in [-0.05, 0) is 24.9 Å². The van der Waals surface area contributed by atoms with Crippen molar-refractivity contribution in [3.8, 4) is 0 Å². The summed E-state index contributed by atoms with van der Waals surface area (Å²) >= 11 is 1.81. The van der Waals surface area contributed by atoms with Crippen LogP contribution >= 0.6 is 11.8 Å². The largest absolute Gasteiger partial charge is 0.477 e. The first-order chi connectivity index (χ1) is 9.06. The molecule has 0 fully saturated rings. The third-order valence-corrected chi connectivity index (χ3v) is 3.44. The fraction of sp³-hybridized carbons (Fsp3) is 0.583. The average Bonchev–Trinajstić information content (AvgIpc) is 2.35. The first kappa shape index (κ1) is 15.6. The van der Waals surface area contributed by atoms with Crippen LogP contribution in [-0.4, -0.2) is 32.6 Å². The van der Waals surface area contributed by atoms with Crippen LogP contribution in [0.5, 0.6) is 0 Å². The van der Waals surface area contributed by atoms with E-state index >= 15 is 0 Å². The molecule has 2 N–H and O–H groups in total. The highest BCUT2D eigenvalue weighted by Gasteiger charge is 2.10. The molecular weight excluding hydrogens is 268 g/mol. The number of hydrogen-bond acceptors (Lipinski definition) is 4. The fourth-order valence-electron chi connectivity index (χ4n) is 1.71. The molecule has 0 saturated carbocycles. The Hall–Kier alpha value is -1.50. The number of carbonyl (C=O) groups is 1. The minimum Gasteiger partial charge on any atom is -0.477 e. The predicted molar refractivity (Wildman–Crippen MR) is 75.1 cm³/mol. The van der Waals surface area contributed by atoms with Gasteiger partial charge in [0.1, 0.15) is 5.56 Å². The van der Waals surface area contributed by atoms with Crippen LogP contribution in [0, 0.1) is 0 Å². The maximum atomic E-state index is 11.5. The lowest BCUT2D eigenvalue weighted by Gasteiger charge is -2.05. The topological polar surface area (TPSA) is 92.2 Å². The SMILES string of the molecule is CSCCCCCCn1cc(C(=O)O)c(=O)[nH]c1=O. The second kappa shape index (κ2) is 7.83. The number of nitrogens with zero attached hydrogens (tertiary/aromatic N) is 1. The van der Waals surface area contributed by atoms with Gasteiger partial charge in [0.2, 0.25) is 0 Å². The molecule has 0 aliphatic rings. The number of carboxylic acids is 1. The van der Waals surface area contributed by atoms with Gasteiger partial charge in [-0.3, -0.25) is 14.3 Å². The van der Waals surface area contributed by atoms with Crippen LogP contribution in [0.3, 0.4) is 0 Å². The van der Waals surface area contributed by atoms with Gasteiger partial charge in [0.05, 0.1) is 0 Å². The molecule has 7 heteroatoms. The molecule has 0 atom stereocenters. The predicted octanol–water partition coefficient (Wildman–Crippen LogP) is 1.16. The zero-order valence-corrected chi connectivity index (χ0v) is 11.7. The standard InChI is InChI=1S/C12H18N2O4S/c1-19-7-5-3-2-4-6-14-8-9(11(16)17)10(15)13-12(14)18/h8H,2-7H2,1H3,(H,16,17)(H,13,15,18). The van der Waals surface area contributed by atoms with Crippen LogP contribution in [0.1, 0.15) is 36.0 Å². The summed E-state index contributed by atoms with van der Waals surface area (Å²) < 4.78 is 1.25. The molecular formula is C12H18N2O4S. The molecule has 0 bridgehead atoms. The molecule has 0 radical (unpaired) electrons. The van der Waals surface area contributed by atoms with Crippen molar-refractivity contribution in [1.29, 1.82) is 0 Å². The van der Waals surface area contributed by atoms with E-state index in [0.717, 1.165) is 37.6 Å². The number of carboxylic acid groups (broad SMARTS) is 1. The molecule has 0 saturated heterocycles. The quantitative estimate of drug-likeness (QED) is 0.700. The highest BCUT2D eigenvalue weighted by atomic mass is 32.2. The molecule has 106 valence electrons. The van der Waals surface area contributed by atoms with Crippen molar-refractivity contribution in [3.05, 3.63) is 32.6 Å². The van der Waals surface area contributed by atoms with Gasteiger partial charge in [-0.25, -0.2) is 9.59 Å². The normalized spacial score (nSPS) is 10.6. The van der Waals surface area contributed by atoms with Gasteiger partial charge in [-0.2, -0.15) is 11.8 Å². The zero-order valence-electron chi connectivity index (χ0n) is 10.8. The Morgan fingerprint density at radius 2 is 2.00 bits per heavy atom. The van der Waals surface area contributed by atoms with E-state index in [2.05, 4.69) is 6.26 Å². The van der Waals surface area contributed by atoms with Crippen molar-refractivity contribution in [2.45, 2.75) is 32.2 Å². The van der Waals surface area contributed by atoms with Gasteiger partial charge in [0.25, 0.3) is 5.56 Å². The highest BCUT2D eigenvalue weighted by Crippen LogP contribution is 2.05. The molecule has 0 aliphatic carbocycles. The third kappa shape index (κ3) is 4.94. The minimum absolute atomic E-state index is 0.401. The van der Waals surface area contributed by atoms with E-state index < -0.39 is 22.8 Å². The van der Waals surface area contributed by atoms with Gasteiger partial charge in [-0.1, -0.05) is 12.8 Å². The van der Waals surface area contributed by atoms with Crippen molar-refractivity contribution in [2.75, 3.05) is 12.0 Å². The molecule has 0 spiro atoms. The smallest absolute Gasteiger partial charge is 0.342 e. The van der Waals surface area contributed by atoms with E-state index in [-0.39, 0.29) is 0 Å². The first-order valence-electron chi connectivity index (χ1n) is 6.12. The highest BCUT2D eigenvalue weighted by molar-refractivity contribution is 7.98. The number of aryl methyl sites for hydroxylation is 1. The molecule has 1 aromatic heterocycles. The maximum absolute atomic E-state index is 11.5. The third-order valence-electron chi connectivity index (χ3n) is 2.74. The summed E-state index contributed by atoms with van der Waals surface area (Å²) in [4.78, 5) is 35.5. The Balaban J connectivity index is 2.59. The summed E-state index contributed by atoms with van der Waals surface area (Å²) in [5.41, 5.74) is -1.81. The average molecular weight is 286 g/mol. The van der Waals surface area contributed by atoms with Gasteiger partial charge >= 0.3 is 11.7 Å². The molecule has 1 aromatic rings. The van der Waals surface area contributed by atoms with Gasteiger partial charge < -0.3 is 5.11 Å². The van der Waals surface area contributed by atoms with E-state index in [4.69, 9.17) is 5.11 Å². The van der Waals surface area contributed by atoms with Crippen molar-refractivity contribution >= 4 is 17.7 Å². The van der Waals surface area contributed by atoms with Crippen LogP contribution in [-0.2, 0) is 6.54 Å². The summed E-state index contributed by atoms with van der Waals surface area (Å²) in [6.07, 6.45) is 7.18. The molecule has 0 aliphatic heterocycles. The molecule has 1 rings (SSSR count). The number of aromatic carboxylic acids is 1. The molecule has 19 heavy (non-hydrogen) atoms. The number of aromatic nitrogens is 2. The lowest BCUT2D eigenvalue weighted by molar-refractivity contribution is 0.0693. The van der Waals surface area contributed by atoms with Crippen molar-refractivity contribution in [2.24, 2.45) is 0 Å². The van der Waals surface area contributed by atoms with Crippen LogP contribution in [0.25, 0.3) is 0 Å². The number of hydrogen-bond donors (Lipinski definition) is 2. The van der Waals surface area contributed by atoms with Crippen LogP contribution < -0.4 is 11.2 Å². The van der Waals surface area contributed by atoms with Crippen molar-refractivity contribution < 1.29 is 9.90 Å². The first-order valence-corrected chi connectivity index (χ1v) is 7.51. The number of aromatic amines is 1. The number of unbranched alkanes of at least 4 members (excludes halogenated alkanes) is 3. The Morgan fingerprint density at radius 3 is 2.63 bits per heavy atom. The lowest BCUT2D eigenvalue weighted by Crippen LogP contribution is -2.33. The molecule has 1 heterocycles. The second-order valence-electron chi connectivity index (χ2n) is 4.21. The molecule has 0 amide bonds. The van der Waals surface area contributed by atoms with Crippen molar-refractivity contribution in [1.82, 2.24) is 9.55 Å². The lowest BCUT2D eigenvalue weighted by atomic mass is 10.2. The van der Waals surface area contributed by atoms with E-state index in [1.165, 1.54) is 4.57 Å². The van der Waals surface area contributed by atoms with Crippen molar-refractivity contribution in [3.63, 3.8) is 0 Å². The molecule has 6 nitrogen and oxygen atoms in total. The summed E-state index contributed by atoms with van der Waals surface area (Å²) in [6.45, 7) is 0.426. The summed E-state index contributed by atoms with van der Waals surface area (Å²) in [5.74, 6) is -0.197. The van der Waals surface area contributed by atoms with Gasteiger partial charge in [0, 0.05) is 12.7 Å². The van der Waals surface area contributed by atoms with E-state index in [0.29, 0.717) is 6.54 Å². The Morgan fingerprint density at radius 1 is 1.32 bits per heavy atom. The fourth-order valence-corrected chi connectivity index (χ4v) is 2.20. The van der Waals surface area contributed by atoms with Gasteiger partial charge in [-0.15, -0.1) is 0 Å². The summed E-state index contributed by atoms with van der Waals surface area (Å²) in [5, 5.41) is 8.81. The number of H-pyrrole nitrogens is 1. The summed E-state index contributed by atoms with van der Waals surface area (Å²) in [6, 6.07) is 0. The Kier molecular flexibility index (Phi) is 6.41. The number of nitrogens with one attached hydrogen (secondary N) is 1. The van der Waals surface area contributed by atoms with Crippen LogP contribution in [0.4, 0.5) is 0 Å². The Labute approximate surface area is 114 Å². The summed E-state index contributed by atoms with van der Waals surface area (Å²) in [7, 11) is 0. The van der Waals surface area contributed by atoms with E-state index in [9.17, 15) is 14.4 Å². The van der Waals surface area contributed by atoms with Gasteiger partial charge in [0.15, 0.2) is 0 Å². The van der Waals surface area contributed by atoms with E-state index in [1.807, 2.05) is 4.98 Å². The van der Waals surface area contributed by atoms with E-state index in [1.54, 1.807) is 11.8 Å². The Bertz CT molecular complexity index is 535. The molecule has 0 unspecified atom stereocenters. The monoisotopic (exact) mass is 286 g/mol. The zero-order chi connectivity index (χ0) is 14.3. The number of rotatable bonds is 8.